The highest BCUT2D eigenvalue weighted by molar-refractivity contribution is 5.72. The van der Waals surface area contributed by atoms with Crippen molar-refractivity contribution in [3.05, 3.63) is 47.4 Å². The number of hydrogen-bond donors (Lipinski definition) is 0. The molecule has 0 fully saturated rings. The molecule has 0 spiro atoms. The number of nitrogens with zero attached hydrogens (tertiary/aromatic N) is 2. The molecule has 0 aliphatic carbocycles. The Kier molecular flexibility index (Phi) is 4.59. The topological polar surface area (TPSA) is 65.2 Å². The van der Waals surface area contributed by atoms with Crippen LogP contribution >= 0.6 is 0 Å². The molecule has 6 heteroatoms. The van der Waals surface area contributed by atoms with Crippen molar-refractivity contribution in [3.8, 4) is 0 Å². The highest BCUT2D eigenvalue weighted by Crippen LogP contribution is 2.22. The number of esters is 1. The molecule has 1 aromatic heterocycles. The number of carbonyl (C=O) groups is 1. The van der Waals surface area contributed by atoms with E-state index in [9.17, 15) is 9.18 Å². The van der Waals surface area contributed by atoms with Crippen LogP contribution in [0.15, 0.2) is 28.8 Å². The molecule has 0 saturated heterocycles. The first-order chi connectivity index (χ1) is 10.3. The van der Waals surface area contributed by atoms with Gasteiger partial charge >= 0.3 is 5.97 Å². The second-order valence-corrected chi connectivity index (χ2v) is 6.11. The molecule has 0 bridgehead atoms. The van der Waals surface area contributed by atoms with E-state index in [1.54, 1.807) is 25.1 Å². The number of benzene rings is 1. The third-order valence-electron chi connectivity index (χ3n) is 3.06. The third kappa shape index (κ3) is 3.90. The Morgan fingerprint density at radius 3 is 2.64 bits per heavy atom. The average molecular weight is 306 g/mol. The molecule has 2 aromatic rings. The van der Waals surface area contributed by atoms with Crippen LogP contribution in [0, 0.1) is 5.82 Å². The minimum absolute atomic E-state index is 0.142. The maximum absolute atomic E-state index is 13.5. The van der Waals surface area contributed by atoms with Crippen molar-refractivity contribution in [2.24, 2.45) is 0 Å². The van der Waals surface area contributed by atoms with E-state index in [1.807, 2.05) is 20.8 Å². The molecule has 0 aliphatic heterocycles. The highest BCUT2D eigenvalue weighted by atomic mass is 19.1. The van der Waals surface area contributed by atoms with Gasteiger partial charge in [-0.2, -0.15) is 4.98 Å². The van der Waals surface area contributed by atoms with Crippen molar-refractivity contribution in [1.82, 2.24) is 10.1 Å². The molecule has 1 unspecified atom stereocenters. The summed E-state index contributed by atoms with van der Waals surface area (Å²) in [6.07, 6.45) is -0.819. The van der Waals surface area contributed by atoms with Crippen LogP contribution < -0.4 is 0 Å². The van der Waals surface area contributed by atoms with Gasteiger partial charge in [0.25, 0.3) is 5.89 Å². The molecular formula is C16H19FN2O3. The first kappa shape index (κ1) is 16.1. The number of ether oxygens (including phenoxy) is 1. The molecule has 2 rings (SSSR count). The van der Waals surface area contributed by atoms with Gasteiger partial charge in [0.1, 0.15) is 5.82 Å². The van der Waals surface area contributed by atoms with Crippen LogP contribution in [-0.2, 0) is 21.4 Å². The first-order valence-corrected chi connectivity index (χ1v) is 7.04. The molecular weight excluding hydrogens is 287 g/mol. The predicted octanol–water partition coefficient (Wildman–Crippen LogP) is 3.35. The van der Waals surface area contributed by atoms with Crippen molar-refractivity contribution >= 4 is 5.97 Å². The molecule has 1 heterocycles. The van der Waals surface area contributed by atoms with E-state index in [2.05, 4.69) is 10.1 Å². The molecule has 118 valence electrons. The minimum atomic E-state index is -0.678. The second kappa shape index (κ2) is 6.25. The van der Waals surface area contributed by atoms with Gasteiger partial charge in [-0.1, -0.05) is 44.1 Å². The molecule has 0 amide bonds. The van der Waals surface area contributed by atoms with Crippen LogP contribution in [0.1, 0.15) is 51.1 Å². The molecule has 0 N–H and O–H groups in total. The zero-order chi connectivity index (χ0) is 16.3. The lowest BCUT2D eigenvalue weighted by Crippen LogP contribution is -2.15. The molecule has 5 nitrogen and oxygen atoms in total. The SMILES string of the molecule is CC(OC(=O)Cc1ccccc1F)c1nc(C(C)(C)C)no1. The van der Waals surface area contributed by atoms with Crippen LogP contribution in [0.4, 0.5) is 4.39 Å². The number of aromatic nitrogens is 2. The molecule has 1 atom stereocenters. The Morgan fingerprint density at radius 2 is 2.05 bits per heavy atom. The van der Waals surface area contributed by atoms with Gasteiger partial charge < -0.3 is 9.26 Å². The summed E-state index contributed by atoms with van der Waals surface area (Å²) in [5, 5.41) is 3.88. The van der Waals surface area contributed by atoms with Crippen molar-refractivity contribution in [3.63, 3.8) is 0 Å². The lowest BCUT2D eigenvalue weighted by atomic mass is 9.96. The second-order valence-electron chi connectivity index (χ2n) is 6.11. The normalized spacial score (nSPS) is 13.0. The maximum atomic E-state index is 13.5. The van der Waals surface area contributed by atoms with E-state index >= 15 is 0 Å². The van der Waals surface area contributed by atoms with Crippen LogP contribution in [0.25, 0.3) is 0 Å². The first-order valence-electron chi connectivity index (χ1n) is 7.04. The van der Waals surface area contributed by atoms with Crippen molar-refractivity contribution in [1.29, 1.82) is 0 Å². The third-order valence-corrected chi connectivity index (χ3v) is 3.06. The van der Waals surface area contributed by atoms with Gasteiger partial charge in [0.05, 0.1) is 6.42 Å². The predicted molar refractivity (Wildman–Crippen MR) is 77.6 cm³/mol. The minimum Gasteiger partial charge on any atom is -0.452 e. The largest absolute Gasteiger partial charge is 0.452 e. The maximum Gasteiger partial charge on any atom is 0.311 e. The Bertz CT molecular complexity index is 661. The van der Waals surface area contributed by atoms with Crippen LogP contribution in [0.5, 0.6) is 0 Å². The lowest BCUT2D eigenvalue weighted by molar-refractivity contribution is -0.149. The van der Waals surface area contributed by atoms with Crippen molar-refractivity contribution < 1.29 is 18.4 Å². The van der Waals surface area contributed by atoms with E-state index in [1.165, 1.54) is 6.07 Å². The zero-order valence-electron chi connectivity index (χ0n) is 13.1. The van der Waals surface area contributed by atoms with Crippen LogP contribution in [-0.4, -0.2) is 16.1 Å². The highest BCUT2D eigenvalue weighted by Gasteiger charge is 2.25. The van der Waals surface area contributed by atoms with E-state index in [-0.39, 0.29) is 17.7 Å². The fourth-order valence-corrected chi connectivity index (χ4v) is 1.79. The fraction of sp³-hybridized carbons (Fsp3) is 0.438. The van der Waals surface area contributed by atoms with Gasteiger partial charge in [-0.25, -0.2) is 4.39 Å². The smallest absolute Gasteiger partial charge is 0.311 e. The van der Waals surface area contributed by atoms with E-state index in [0.29, 0.717) is 11.4 Å². The number of halogens is 1. The molecule has 0 radical (unpaired) electrons. The summed E-state index contributed by atoms with van der Waals surface area (Å²) >= 11 is 0. The van der Waals surface area contributed by atoms with Crippen molar-refractivity contribution in [2.75, 3.05) is 0 Å². The summed E-state index contributed by atoms with van der Waals surface area (Å²) in [5.74, 6) is -0.209. The Morgan fingerprint density at radius 1 is 1.36 bits per heavy atom. The summed E-state index contributed by atoms with van der Waals surface area (Å²) in [6, 6.07) is 6.09. The summed E-state index contributed by atoms with van der Waals surface area (Å²) in [6.45, 7) is 7.50. The van der Waals surface area contributed by atoms with Crippen molar-refractivity contribution in [2.45, 2.75) is 45.6 Å². The van der Waals surface area contributed by atoms with Crippen LogP contribution in [0.2, 0.25) is 0 Å². The van der Waals surface area contributed by atoms with E-state index in [0.717, 1.165) is 0 Å². The standard InChI is InChI=1S/C16H19FN2O3/c1-10(14-18-15(19-22-14)16(2,3)4)21-13(20)9-11-7-5-6-8-12(11)17/h5-8,10H,9H2,1-4H3. The molecule has 22 heavy (non-hydrogen) atoms. The van der Waals surface area contributed by atoms with E-state index in [4.69, 9.17) is 9.26 Å². The molecule has 1 aromatic carbocycles. The summed E-state index contributed by atoms with van der Waals surface area (Å²) in [5.41, 5.74) is 0.0409. The van der Waals surface area contributed by atoms with Gasteiger partial charge in [0.15, 0.2) is 11.9 Å². The van der Waals surface area contributed by atoms with Gasteiger partial charge in [-0.3, -0.25) is 4.79 Å². The number of carbonyl (C=O) groups excluding carboxylic acids is 1. The lowest BCUT2D eigenvalue weighted by Gasteiger charge is -2.12. The fourth-order valence-electron chi connectivity index (χ4n) is 1.79. The average Bonchev–Trinajstić information content (AvgIpc) is 2.91. The van der Waals surface area contributed by atoms with Gasteiger partial charge in [0, 0.05) is 5.41 Å². The van der Waals surface area contributed by atoms with Gasteiger partial charge in [-0.15, -0.1) is 0 Å². The van der Waals surface area contributed by atoms with E-state index < -0.39 is 17.9 Å². The molecule has 0 saturated carbocycles. The summed E-state index contributed by atoms with van der Waals surface area (Å²) in [4.78, 5) is 16.1. The Hall–Kier alpha value is -2.24. The van der Waals surface area contributed by atoms with Crippen LogP contribution in [0.3, 0.4) is 0 Å². The Labute approximate surface area is 128 Å². The quantitative estimate of drug-likeness (QED) is 0.810. The number of hydrogen-bond acceptors (Lipinski definition) is 5. The van der Waals surface area contributed by atoms with Gasteiger partial charge in [0.2, 0.25) is 0 Å². The number of rotatable bonds is 4. The summed E-state index contributed by atoms with van der Waals surface area (Å²) in [7, 11) is 0. The Balaban J connectivity index is 2.00. The monoisotopic (exact) mass is 306 g/mol. The van der Waals surface area contributed by atoms with Gasteiger partial charge in [-0.05, 0) is 18.6 Å². The molecule has 0 aliphatic rings. The zero-order valence-corrected chi connectivity index (χ0v) is 13.1. The summed E-state index contributed by atoms with van der Waals surface area (Å²) < 4.78 is 23.8.